The molecule has 1 aromatic rings. The molecule has 4 heteroatoms. The van der Waals surface area contributed by atoms with E-state index in [2.05, 4.69) is 5.32 Å². The normalized spacial score (nSPS) is 15.0. The molecule has 1 amide bonds. The van der Waals surface area contributed by atoms with Crippen molar-refractivity contribution in [3.05, 3.63) is 34.9 Å². The molecule has 0 bridgehead atoms. The number of hydrogen-bond acceptors (Lipinski definition) is 2. The van der Waals surface area contributed by atoms with Crippen molar-refractivity contribution < 1.29 is 4.79 Å². The molecule has 18 heavy (non-hydrogen) atoms. The van der Waals surface area contributed by atoms with Gasteiger partial charge in [0.15, 0.2) is 0 Å². The summed E-state index contributed by atoms with van der Waals surface area (Å²) < 4.78 is 0. The van der Waals surface area contributed by atoms with Crippen molar-refractivity contribution in [2.24, 2.45) is 11.1 Å². The van der Waals surface area contributed by atoms with Crippen LogP contribution in [0.1, 0.15) is 39.3 Å². The largest absolute Gasteiger partial charge is 0.348 e. The second-order valence-corrected chi connectivity index (χ2v) is 6.07. The van der Waals surface area contributed by atoms with Gasteiger partial charge in [-0.25, -0.2) is 0 Å². The van der Waals surface area contributed by atoms with E-state index < -0.39 is 6.04 Å². The van der Waals surface area contributed by atoms with Gasteiger partial charge in [0.1, 0.15) is 0 Å². The van der Waals surface area contributed by atoms with Crippen LogP contribution in [0.5, 0.6) is 0 Å². The zero-order chi connectivity index (χ0) is 13.9. The van der Waals surface area contributed by atoms with Gasteiger partial charge in [0, 0.05) is 5.02 Å². The van der Waals surface area contributed by atoms with Crippen LogP contribution in [0.15, 0.2) is 24.3 Å². The van der Waals surface area contributed by atoms with Gasteiger partial charge in [0.05, 0.1) is 12.1 Å². The number of nitrogens with one attached hydrogen (secondary N) is 1. The van der Waals surface area contributed by atoms with E-state index in [0.717, 1.165) is 5.56 Å². The number of carbonyl (C=O) groups is 1. The third-order valence-electron chi connectivity index (χ3n) is 2.92. The standard InChI is InChI=1S/C14H21ClN2O/c1-9(10-6-5-7-11(15)8-10)17-13(18)12(16)14(2,3)4/h5-9,12H,16H2,1-4H3,(H,17,18)/t9?,12-/m0/s1. The highest BCUT2D eigenvalue weighted by molar-refractivity contribution is 6.30. The Kier molecular flexibility index (Phi) is 4.77. The van der Waals surface area contributed by atoms with E-state index in [9.17, 15) is 4.79 Å². The van der Waals surface area contributed by atoms with Crippen molar-refractivity contribution in [2.45, 2.75) is 39.8 Å². The maximum Gasteiger partial charge on any atom is 0.237 e. The topological polar surface area (TPSA) is 55.1 Å². The molecule has 0 heterocycles. The molecule has 0 aliphatic heterocycles. The molecule has 1 unspecified atom stereocenters. The molecule has 100 valence electrons. The Labute approximate surface area is 114 Å². The molecule has 2 atom stereocenters. The minimum absolute atomic E-state index is 0.107. The van der Waals surface area contributed by atoms with Crippen molar-refractivity contribution in [1.82, 2.24) is 5.32 Å². The van der Waals surface area contributed by atoms with Gasteiger partial charge in [-0.15, -0.1) is 0 Å². The minimum Gasteiger partial charge on any atom is -0.348 e. The molecule has 0 saturated carbocycles. The van der Waals surface area contributed by atoms with Crippen LogP contribution in [-0.4, -0.2) is 11.9 Å². The summed E-state index contributed by atoms with van der Waals surface area (Å²) in [4.78, 5) is 12.0. The quantitative estimate of drug-likeness (QED) is 0.886. The predicted molar refractivity (Wildman–Crippen MR) is 75.4 cm³/mol. The van der Waals surface area contributed by atoms with Crippen molar-refractivity contribution in [2.75, 3.05) is 0 Å². The van der Waals surface area contributed by atoms with Crippen LogP contribution in [0, 0.1) is 5.41 Å². The lowest BCUT2D eigenvalue weighted by Crippen LogP contribution is -2.49. The average Bonchev–Trinajstić information content (AvgIpc) is 2.26. The molecular weight excluding hydrogens is 248 g/mol. The summed E-state index contributed by atoms with van der Waals surface area (Å²) in [5.41, 5.74) is 6.63. The lowest BCUT2D eigenvalue weighted by Gasteiger charge is -2.27. The van der Waals surface area contributed by atoms with Gasteiger partial charge in [-0.2, -0.15) is 0 Å². The zero-order valence-electron chi connectivity index (χ0n) is 11.3. The molecule has 1 aromatic carbocycles. The minimum atomic E-state index is -0.529. The Bertz CT molecular complexity index is 426. The first-order valence-corrected chi connectivity index (χ1v) is 6.41. The van der Waals surface area contributed by atoms with Gasteiger partial charge in [0.25, 0.3) is 0 Å². The summed E-state index contributed by atoms with van der Waals surface area (Å²) in [6, 6.07) is 6.81. The molecule has 3 nitrogen and oxygen atoms in total. The van der Waals surface area contributed by atoms with E-state index in [-0.39, 0.29) is 17.4 Å². The van der Waals surface area contributed by atoms with Gasteiger partial charge in [0.2, 0.25) is 5.91 Å². The van der Waals surface area contributed by atoms with Gasteiger partial charge in [-0.05, 0) is 30.0 Å². The van der Waals surface area contributed by atoms with Crippen molar-refractivity contribution in [3.63, 3.8) is 0 Å². The van der Waals surface area contributed by atoms with E-state index in [1.54, 1.807) is 6.07 Å². The van der Waals surface area contributed by atoms with Crippen molar-refractivity contribution >= 4 is 17.5 Å². The van der Waals surface area contributed by atoms with Gasteiger partial charge < -0.3 is 11.1 Å². The van der Waals surface area contributed by atoms with Crippen molar-refractivity contribution in [1.29, 1.82) is 0 Å². The Balaban J connectivity index is 2.71. The summed E-state index contributed by atoms with van der Waals surface area (Å²) in [5, 5.41) is 3.57. The molecule has 0 spiro atoms. The third-order valence-corrected chi connectivity index (χ3v) is 3.16. The van der Waals surface area contributed by atoms with Crippen LogP contribution in [0.4, 0.5) is 0 Å². The average molecular weight is 269 g/mol. The fraction of sp³-hybridized carbons (Fsp3) is 0.500. The number of benzene rings is 1. The highest BCUT2D eigenvalue weighted by atomic mass is 35.5. The summed E-state index contributed by atoms with van der Waals surface area (Å²) in [7, 11) is 0. The Morgan fingerprint density at radius 2 is 2.00 bits per heavy atom. The zero-order valence-corrected chi connectivity index (χ0v) is 12.1. The number of carbonyl (C=O) groups excluding carboxylic acids is 1. The smallest absolute Gasteiger partial charge is 0.237 e. The fourth-order valence-corrected chi connectivity index (χ4v) is 1.75. The van der Waals surface area contributed by atoms with Gasteiger partial charge in [-0.1, -0.05) is 44.5 Å². The van der Waals surface area contributed by atoms with E-state index >= 15 is 0 Å². The first-order chi connectivity index (χ1) is 8.21. The molecule has 0 aliphatic carbocycles. The second kappa shape index (κ2) is 5.72. The number of hydrogen-bond donors (Lipinski definition) is 2. The molecule has 0 saturated heterocycles. The summed E-state index contributed by atoms with van der Waals surface area (Å²) in [5.74, 6) is -0.144. The highest BCUT2D eigenvalue weighted by Gasteiger charge is 2.28. The van der Waals surface area contributed by atoms with E-state index in [1.165, 1.54) is 0 Å². The van der Waals surface area contributed by atoms with Crippen LogP contribution >= 0.6 is 11.6 Å². The van der Waals surface area contributed by atoms with E-state index in [4.69, 9.17) is 17.3 Å². The molecular formula is C14H21ClN2O. The molecule has 0 radical (unpaired) electrons. The molecule has 1 rings (SSSR count). The van der Waals surface area contributed by atoms with Gasteiger partial charge >= 0.3 is 0 Å². The SMILES string of the molecule is CC(NC(=O)[C@H](N)C(C)(C)C)c1cccc(Cl)c1. The molecule has 0 aromatic heterocycles. The summed E-state index contributed by atoms with van der Waals surface area (Å²) in [6.07, 6.45) is 0. The van der Waals surface area contributed by atoms with Gasteiger partial charge in [-0.3, -0.25) is 4.79 Å². The number of nitrogens with two attached hydrogens (primary N) is 1. The fourth-order valence-electron chi connectivity index (χ4n) is 1.56. The summed E-state index contributed by atoms with van der Waals surface area (Å²) >= 11 is 5.92. The van der Waals surface area contributed by atoms with E-state index in [1.807, 2.05) is 45.9 Å². The molecule has 3 N–H and O–H groups in total. The monoisotopic (exact) mass is 268 g/mol. The number of halogens is 1. The maximum absolute atomic E-state index is 12.0. The Morgan fingerprint density at radius 3 is 2.50 bits per heavy atom. The molecule has 0 aliphatic rings. The first-order valence-electron chi connectivity index (χ1n) is 6.03. The lowest BCUT2D eigenvalue weighted by molar-refractivity contribution is -0.125. The highest BCUT2D eigenvalue weighted by Crippen LogP contribution is 2.20. The Morgan fingerprint density at radius 1 is 1.39 bits per heavy atom. The van der Waals surface area contributed by atoms with E-state index in [0.29, 0.717) is 5.02 Å². The maximum atomic E-state index is 12.0. The third kappa shape index (κ3) is 4.00. The van der Waals surface area contributed by atoms with Crippen molar-refractivity contribution in [3.8, 4) is 0 Å². The van der Waals surface area contributed by atoms with Crippen LogP contribution in [0.25, 0.3) is 0 Å². The Hall–Kier alpha value is -1.06. The van der Waals surface area contributed by atoms with Crippen LogP contribution in [0.3, 0.4) is 0 Å². The molecule has 0 fully saturated rings. The van der Waals surface area contributed by atoms with Crippen LogP contribution < -0.4 is 11.1 Å². The second-order valence-electron chi connectivity index (χ2n) is 5.63. The predicted octanol–water partition coefficient (Wildman–Crippen LogP) is 2.89. The number of amides is 1. The first kappa shape index (κ1) is 15.0. The number of rotatable bonds is 3. The summed E-state index contributed by atoms with van der Waals surface area (Å²) in [6.45, 7) is 7.75. The lowest BCUT2D eigenvalue weighted by atomic mass is 9.86. The van der Waals surface area contributed by atoms with Crippen LogP contribution in [0.2, 0.25) is 5.02 Å². The van der Waals surface area contributed by atoms with Crippen LogP contribution in [-0.2, 0) is 4.79 Å².